The lowest BCUT2D eigenvalue weighted by Gasteiger charge is -2.18. The van der Waals surface area contributed by atoms with Crippen molar-refractivity contribution in [2.45, 2.75) is 117 Å². The molecule has 0 aliphatic heterocycles. The van der Waals surface area contributed by atoms with E-state index in [1.54, 1.807) is 6.92 Å². The minimum Gasteiger partial charge on any atom is -1.00 e. The maximum absolute atomic E-state index is 9.43. The highest BCUT2D eigenvalue weighted by Crippen LogP contribution is 2.14. The van der Waals surface area contributed by atoms with Gasteiger partial charge >= 0.3 is 0 Å². The highest BCUT2D eigenvalue weighted by molar-refractivity contribution is 4.49. The Morgan fingerprint density at radius 1 is 0.500 bits per heavy atom. The van der Waals surface area contributed by atoms with E-state index in [0.717, 1.165) is 12.8 Å². The first kappa shape index (κ1) is 26.4. The summed E-state index contributed by atoms with van der Waals surface area (Å²) in [6.07, 6.45) is 21.5. The maximum Gasteiger partial charge on any atom is 0.142 e. The Hall–Kier alpha value is 0.170. The van der Waals surface area contributed by atoms with E-state index in [2.05, 4.69) is 6.92 Å². The van der Waals surface area contributed by atoms with Crippen molar-refractivity contribution in [1.82, 2.24) is 0 Å². The molecule has 0 radical (unpaired) electrons. The largest absolute Gasteiger partial charge is 1.00 e. The van der Waals surface area contributed by atoms with Gasteiger partial charge in [-0.15, -0.1) is 0 Å². The molecule has 0 heterocycles. The average Bonchev–Trinajstić information content (AvgIpc) is 2.54. The topological polar surface area (TPSA) is 40.5 Å². The zero-order valence-corrected chi connectivity index (χ0v) is 17.2. The molecule has 0 unspecified atom stereocenters. The summed E-state index contributed by atoms with van der Waals surface area (Å²) >= 11 is 0. The van der Waals surface area contributed by atoms with Crippen LogP contribution in [-0.2, 0) is 0 Å². The molecule has 0 amide bonds. The van der Waals surface area contributed by atoms with Gasteiger partial charge in [0, 0.05) is 6.42 Å². The Balaban J connectivity index is 0. The Bertz CT molecular complexity index is 238. The summed E-state index contributed by atoms with van der Waals surface area (Å²) < 4.78 is 0. The van der Waals surface area contributed by atoms with E-state index in [1.165, 1.54) is 89.9 Å². The molecule has 0 bridgehead atoms. The zero-order chi connectivity index (χ0) is 17.2. The van der Waals surface area contributed by atoms with Crippen LogP contribution < -0.4 is 12.4 Å². The molecule has 0 aliphatic rings. The predicted molar refractivity (Wildman–Crippen MR) is 98.8 cm³/mol. The normalized spacial score (nSPS) is 11.5. The first-order chi connectivity index (χ1) is 11.1. The zero-order valence-electron chi connectivity index (χ0n) is 16.4. The van der Waals surface area contributed by atoms with Crippen LogP contribution in [0, 0.1) is 0 Å². The number of hydrogen-bond acceptors (Lipinski definition) is 2. The van der Waals surface area contributed by atoms with Crippen molar-refractivity contribution in [1.29, 1.82) is 0 Å². The van der Waals surface area contributed by atoms with Gasteiger partial charge in [-0.1, -0.05) is 96.8 Å². The minimum absolute atomic E-state index is 0. The summed E-state index contributed by atoms with van der Waals surface area (Å²) in [5.74, 6) is 0. The van der Waals surface area contributed by atoms with Gasteiger partial charge in [-0.3, -0.25) is 0 Å². The first-order valence-electron chi connectivity index (χ1n) is 10.4. The van der Waals surface area contributed by atoms with Crippen LogP contribution in [0.1, 0.15) is 117 Å². The minimum atomic E-state index is -0.807. The summed E-state index contributed by atoms with van der Waals surface area (Å²) in [6.45, 7) is 4.92. The van der Waals surface area contributed by atoms with Crippen LogP contribution in [-0.4, -0.2) is 28.3 Å². The summed E-state index contributed by atoms with van der Waals surface area (Å²) in [5.41, 5.74) is 0. The second kappa shape index (κ2) is 19.5. The smallest absolute Gasteiger partial charge is 0.142 e. The molecule has 148 valence electrons. The Kier molecular flexibility index (Phi) is 21.4. The Labute approximate surface area is 157 Å². The van der Waals surface area contributed by atoms with E-state index in [1.807, 2.05) is 0 Å². The van der Waals surface area contributed by atoms with Crippen molar-refractivity contribution in [3.05, 3.63) is 0 Å². The second-order valence-corrected chi connectivity index (χ2v) is 7.22. The van der Waals surface area contributed by atoms with Gasteiger partial charge in [-0.05, 0) is 18.2 Å². The first-order valence-corrected chi connectivity index (χ1v) is 10.4. The molecule has 0 rings (SSSR count). The fourth-order valence-electron chi connectivity index (χ4n) is 3.07. The van der Waals surface area contributed by atoms with Crippen molar-refractivity contribution in [3.8, 4) is 0 Å². The van der Waals surface area contributed by atoms with E-state index < -0.39 is 4.81 Å². The number of quaternary nitrogens is 1. The van der Waals surface area contributed by atoms with Crippen LogP contribution in [0.25, 0.3) is 0 Å². The van der Waals surface area contributed by atoms with Crippen LogP contribution in [0.3, 0.4) is 0 Å². The molecule has 0 aromatic carbocycles. The molecule has 0 saturated carbocycles. The maximum atomic E-state index is 9.43. The van der Waals surface area contributed by atoms with E-state index in [0.29, 0.717) is 13.1 Å². The van der Waals surface area contributed by atoms with E-state index in [9.17, 15) is 10.4 Å². The quantitative estimate of drug-likeness (QED) is 0.220. The van der Waals surface area contributed by atoms with Gasteiger partial charge < -0.3 is 12.4 Å². The van der Waals surface area contributed by atoms with Crippen LogP contribution in [0.2, 0.25) is 0 Å². The van der Waals surface area contributed by atoms with E-state index >= 15 is 0 Å². The molecule has 0 fully saturated rings. The average molecular weight is 366 g/mol. The number of hydrogen-bond donors (Lipinski definition) is 2. The van der Waals surface area contributed by atoms with Gasteiger partial charge in [-0.2, -0.15) is 10.4 Å². The molecule has 0 spiro atoms. The third-order valence-electron chi connectivity index (χ3n) is 4.88. The lowest BCUT2D eigenvalue weighted by molar-refractivity contribution is -1.24. The van der Waals surface area contributed by atoms with Crippen LogP contribution in [0.15, 0.2) is 0 Å². The van der Waals surface area contributed by atoms with Gasteiger partial charge in [0.15, 0.2) is 0 Å². The van der Waals surface area contributed by atoms with Crippen LogP contribution in [0.4, 0.5) is 0 Å². The van der Waals surface area contributed by atoms with E-state index in [4.69, 9.17) is 0 Å². The van der Waals surface area contributed by atoms with Gasteiger partial charge in [0.2, 0.25) is 0 Å². The Morgan fingerprint density at radius 3 is 1.08 bits per heavy atom. The number of rotatable bonds is 18. The summed E-state index contributed by atoms with van der Waals surface area (Å²) in [5, 5.41) is 18.9. The second-order valence-electron chi connectivity index (χ2n) is 7.22. The molecule has 2 N–H and O–H groups in total. The summed E-state index contributed by atoms with van der Waals surface area (Å²) in [4.78, 5) is -0.807. The molecule has 0 aliphatic carbocycles. The van der Waals surface area contributed by atoms with Gasteiger partial charge in [0.1, 0.15) is 13.1 Å². The third kappa shape index (κ3) is 20.2. The van der Waals surface area contributed by atoms with E-state index in [-0.39, 0.29) is 12.4 Å². The molecule has 0 aromatic rings. The van der Waals surface area contributed by atoms with Crippen LogP contribution in [0.5, 0.6) is 0 Å². The third-order valence-corrected chi connectivity index (χ3v) is 4.88. The highest BCUT2D eigenvalue weighted by atomic mass is 35.5. The fraction of sp³-hybridized carbons (Fsp3) is 1.00. The SMILES string of the molecule is CCCCCCCCCCCCCCCCCC[N+](O)(O)CC.[Cl-]. The molecule has 0 atom stereocenters. The molecule has 0 saturated heterocycles. The van der Waals surface area contributed by atoms with Crippen molar-refractivity contribution >= 4 is 0 Å². The van der Waals surface area contributed by atoms with Crippen LogP contribution >= 0.6 is 0 Å². The monoisotopic (exact) mass is 365 g/mol. The molecule has 24 heavy (non-hydrogen) atoms. The van der Waals surface area contributed by atoms with Crippen molar-refractivity contribution in [3.63, 3.8) is 0 Å². The number of nitrogens with zero attached hydrogens (tertiary/aromatic N) is 1. The summed E-state index contributed by atoms with van der Waals surface area (Å²) in [6, 6.07) is 0. The molecule has 4 heteroatoms. The molecular formula is C20H44ClNO2. The lowest BCUT2D eigenvalue weighted by Crippen LogP contribution is -3.00. The standard InChI is InChI=1S/C20H44NO2.ClH/c1-3-5-6-7-8-9-10-11-12-13-14-15-16-17-18-19-20-21(22,23)4-2;/h22-23H,3-20H2,1-2H3;1H/q+1;/p-1. The number of unbranched alkanes of at least 4 members (excludes halogenated alkanes) is 15. The van der Waals surface area contributed by atoms with Gasteiger partial charge in [-0.25, -0.2) is 0 Å². The molecule has 3 nitrogen and oxygen atoms in total. The van der Waals surface area contributed by atoms with Crippen molar-refractivity contribution in [2.75, 3.05) is 13.1 Å². The lowest BCUT2D eigenvalue weighted by atomic mass is 10.0. The molecule has 0 aromatic heterocycles. The predicted octanol–water partition coefficient (Wildman–Crippen LogP) is 3.87. The summed E-state index contributed by atoms with van der Waals surface area (Å²) in [7, 11) is 0. The molecular weight excluding hydrogens is 322 g/mol. The number of hydroxylamine groups is 4. The Morgan fingerprint density at radius 2 is 0.792 bits per heavy atom. The fourth-order valence-corrected chi connectivity index (χ4v) is 3.07. The van der Waals surface area contributed by atoms with Gasteiger partial charge in [0.05, 0.1) is 0 Å². The number of halogens is 1. The highest BCUT2D eigenvalue weighted by Gasteiger charge is 2.17. The van der Waals surface area contributed by atoms with Crippen molar-refractivity contribution in [2.24, 2.45) is 0 Å². The van der Waals surface area contributed by atoms with Crippen molar-refractivity contribution < 1.29 is 27.6 Å². The van der Waals surface area contributed by atoms with Gasteiger partial charge in [0.25, 0.3) is 0 Å².